The molecule has 1 aromatic heterocycles. The summed E-state index contributed by atoms with van der Waals surface area (Å²) in [5.74, 6) is 1.51. The fourth-order valence-corrected chi connectivity index (χ4v) is 2.81. The molecule has 1 aliphatic carbocycles. The van der Waals surface area contributed by atoms with Crippen molar-refractivity contribution in [3.05, 3.63) is 47.1 Å². The quantitative estimate of drug-likeness (QED) is 0.873. The van der Waals surface area contributed by atoms with Crippen molar-refractivity contribution >= 4 is 23.4 Å². The van der Waals surface area contributed by atoms with Crippen molar-refractivity contribution in [3.8, 4) is 0 Å². The average molecular weight is 303 g/mol. The molecule has 1 heterocycles. The van der Waals surface area contributed by atoms with E-state index in [1.807, 2.05) is 30.3 Å². The van der Waals surface area contributed by atoms with Crippen molar-refractivity contribution in [1.82, 2.24) is 9.97 Å². The minimum atomic E-state index is 0.517. The highest BCUT2D eigenvalue weighted by atomic mass is 35.5. The summed E-state index contributed by atoms with van der Waals surface area (Å²) in [5, 5.41) is 7.46. The van der Waals surface area contributed by atoms with Crippen LogP contribution in [0.5, 0.6) is 0 Å². The van der Waals surface area contributed by atoms with Gasteiger partial charge in [0.05, 0.1) is 0 Å². The van der Waals surface area contributed by atoms with Crippen LogP contribution >= 0.6 is 11.6 Å². The number of hydrogen-bond donors (Lipinski definition) is 2. The van der Waals surface area contributed by atoms with Crippen molar-refractivity contribution < 1.29 is 0 Å². The van der Waals surface area contributed by atoms with E-state index in [1.54, 1.807) is 6.20 Å². The fraction of sp³-hybridized carbons (Fsp3) is 0.375. The molecule has 21 heavy (non-hydrogen) atoms. The maximum Gasteiger partial charge on any atom is 0.224 e. The number of hydrogen-bond acceptors (Lipinski definition) is 4. The van der Waals surface area contributed by atoms with Crippen LogP contribution in [0.4, 0.5) is 11.8 Å². The number of aromatic nitrogens is 2. The molecule has 2 N–H and O–H groups in total. The van der Waals surface area contributed by atoms with E-state index < -0.39 is 0 Å². The third-order valence-electron chi connectivity index (χ3n) is 3.76. The molecule has 0 radical (unpaired) electrons. The van der Waals surface area contributed by atoms with Gasteiger partial charge < -0.3 is 10.6 Å². The van der Waals surface area contributed by atoms with E-state index >= 15 is 0 Å². The van der Waals surface area contributed by atoms with Crippen LogP contribution in [0, 0.1) is 0 Å². The van der Waals surface area contributed by atoms with E-state index in [0.717, 1.165) is 16.4 Å². The first-order chi connectivity index (χ1) is 10.3. The van der Waals surface area contributed by atoms with Gasteiger partial charge >= 0.3 is 0 Å². The molecule has 0 spiro atoms. The topological polar surface area (TPSA) is 49.8 Å². The summed E-state index contributed by atoms with van der Waals surface area (Å²) in [4.78, 5) is 8.79. The van der Waals surface area contributed by atoms with Crippen LogP contribution in [0.3, 0.4) is 0 Å². The minimum absolute atomic E-state index is 0.517. The normalized spacial score (nSPS) is 15.1. The Balaban J connectivity index is 1.61. The number of benzene rings is 1. The number of nitrogens with one attached hydrogen (secondary N) is 2. The van der Waals surface area contributed by atoms with E-state index in [0.29, 0.717) is 18.5 Å². The molecule has 4 nitrogen and oxygen atoms in total. The van der Waals surface area contributed by atoms with Gasteiger partial charge in [-0.25, -0.2) is 4.98 Å². The van der Waals surface area contributed by atoms with Crippen molar-refractivity contribution in [2.75, 3.05) is 10.6 Å². The lowest BCUT2D eigenvalue weighted by Gasteiger charge is -2.13. The molecule has 3 rings (SSSR count). The lowest BCUT2D eigenvalue weighted by molar-refractivity contribution is 0.744. The van der Waals surface area contributed by atoms with Gasteiger partial charge in [-0.3, -0.25) is 0 Å². The molecule has 1 aliphatic rings. The molecule has 1 aromatic carbocycles. The number of nitrogens with zero attached hydrogens (tertiary/aromatic N) is 2. The fourth-order valence-electron chi connectivity index (χ4n) is 2.61. The Morgan fingerprint density at radius 1 is 1.14 bits per heavy atom. The molecule has 5 heteroatoms. The third-order valence-corrected chi connectivity index (χ3v) is 4.13. The van der Waals surface area contributed by atoms with E-state index in [2.05, 4.69) is 20.6 Å². The third kappa shape index (κ3) is 3.85. The Kier molecular flexibility index (Phi) is 4.55. The summed E-state index contributed by atoms with van der Waals surface area (Å²) in [6.07, 6.45) is 6.78. The highest BCUT2D eigenvalue weighted by molar-refractivity contribution is 6.31. The molecule has 0 saturated heterocycles. The highest BCUT2D eigenvalue weighted by Gasteiger charge is 2.15. The lowest BCUT2D eigenvalue weighted by atomic mass is 10.2. The van der Waals surface area contributed by atoms with Crippen LogP contribution in [0.25, 0.3) is 0 Å². The summed E-state index contributed by atoms with van der Waals surface area (Å²) in [6, 6.07) is 10.2. The minimum Gasteiger partial charge on any atom is -0.366 e. The Hall–Kier alpha value is -1.81. The van der Waals surface area contributed by atoms with E-state index in [-0.39, 0.29) is 0 Å². The van der Waals surface area contributed by atoms with Gasteiger partial charge in [-0.15, -0.1) is 0 Å². The zero-order valence-corrected chi connectivity index (χ0v) is 12.6. The molecule has 1 saturated carbocycles. The summed E-state index contributed by atoms with van der Waals surface area (Å²) in [7, 11) is 0. The molecule has 0 aliphatic heterocycles. The Labute approximate surface area is 130 Å². The maximum atomic E-state index is 6.15. The molecule has 1 fully saturated rings. The Bertz CT molecular complexity index is 596. The van der Waals surface area contributed by atoms with E-state index in [4.69, 9.17) is 11.6 Å². The van der Waals surface area contributed by atoms with Gasteiger partial charge in [-0.2, -0.15) is 4.98 Å². The van der Waals surface area contributed by atoms with Crippen molar-refractivity contribution in [2.45, 2.75) is 38.3 Å². The van der Waals surface area contributed by atoms with Gasteiger partial charge in [0.25, 0.3) is 0 Å². The lowest BCUT2D eigenvalue weighted by Crippen LogP contribution is -2.17. The average Bonchev–Trinajstić information content (AvgIpc) is 3.00. The summed E-state index contributed by atoms with van der Waals surface area (Å²) < 4.78 is 0. The predicted molar refractivity (Wildman–Crippen MR) is 86.7 cm³/mol. The molecule has 2 aromatic rings. The number of rotatable bonds is 5. The monoisotopic (exact) mass is 302 g/mol. The molecule has 0 unspecified atom stereocenters. The first-order valence-corrected chi connectivity index (χ1v) is 7.76. The molecule has 0 amide bonds. The summed E-state index contributed by atoms with van der Waals surface area (Å²) >= 11 is 6.15. The van der Waals surface area contributed by atoms with Gasteiger partial charge in [0.2, 0.25) is 5.95 Å². The summed E-state index contributed by atoms with van der Waals surface area (Å²) in [6.45, 7) is 0.652. The van der Waals surface area contributed by atoms with Crippen LogP contribution in [-0.4, -0.2) is 16.0 Å². The second kappa shape index (κ2) is 6.76. The highest BCUT2D eigenvalue weighted by Crippen LogP contribution is 2.21. The van der Waals surface area contributed by atoms with Crippen LogP contribution in [0.1, 0.15) is 31.2 Å². The van der Waals surface area contributed by atoms with Crippen LogP contribution < -0.4 is 10.6 Å². The second-order valence-electron chi connectivity index (χ2n) is 5.34. The van der Waals surface area contributed by atoms with Crippen LogP contribution in [0.15, 0.2) is 36.5 Å². The molecule has 0 bridgehead atoms. The summed E-state index contributed by atoms with van der Waals surface area (Å²) in [5.41, 5.74) is 1.06. The SMILES string of the molecule is Clc1ccccc1CNc1ccnc(NC2CCCC2)n1. The second-order valence-corrected chi connectivity index (χ2v) is 5.74. The first kappa shape index (κ1) is 14.1. The standard InChI is InChI=1S/C16H19ClN4/c17-14-8-4-1-5-12(14)11-19-15-9-10-18-16(21-15)20-13-6-2-3-7-13/h1,4-5,8-10,13H,2-3,6-7,11H2,(H2,18,19,20,21). The van der Waals surface area contributed by atoms with E-state index in [9.17, 15) is 0 Å². The van der Waals surface area contributed by atoms with Crippen LogP contribution in [0.2, 0.25) is 5.02 Å². The van der Waals surface area contributed by atoms with Crippen molar-refractivity contribution in [1.29, 1.82) is 0 Å². The van der Waals surface area contributed by atoms with Crippen LogP contribution in [-0.2, 0) is 6.54 Å². The molecule has 0 atom stereocenters. The molecule has 110 valence electrons. The number of anilines is 2. The maximum absolute atomic E-state index is 6.15. The molecular formula is C16H19ClN4. The van der Waals surface area contributed by atoms with Gasteiger partial charge in [-0.05, 0) is 30.5 Å². The smallest absolute Gasteiger partial charge is 0.224 e. The number of halogens is 1. The van der Waals surface area contributed by atoms with Gasteiger partial charge in [0.15, 0.2) is 0 Å². The first-order valence-electron chi connectivity index (χ1n) is 7.38. The van der Waals surface area contributed by atoms with E-state index in [1.165, 1.54) is 25.7 Å². The van der Waals surface area contributed by atoms with Crippen molar-refractivity contribution in [2.24, 2.45) is 0 Å². The van der Waals surface area contributed by atoms with Gasteiger partial charge in [-0.1, -0.05) is 42.6 Å². The molecular weight excluding hydrogens is 284 g/mol. The Morgan fingerprint density at radius 3 is 2.76 bits per heavy atom. The van der Waals surface area contributed by atoms with Gasteiger partial charge in [0.1, 0.15) is 5.82 Å². The Morgan fingerprint density at radius 2 is 1.95 bits per heavy atom. The zero-order valence-electron chi connectivity index (χ0n) is 11.8. The zero-order chi connectivity index (χ0) is 14.5. The largest absolute Gasteiger partial charge is 0.366 e. The predicted octanol–water partition coefficient (Wildman–Crippen LogP) is 4.10. The van der Waals surface area contributed by atoms with Crippen molar-refractivity contribution in [3.63, 3.8) is 0 Å². The van der Waals surface area contributed by atoms with Gasteiger partial charge in [0, 0.05) is 23.8 Å².